The Morgan fingerprint density at radius 3 is 1.80 bits per heavy atom. The van der Waals surface area contributed by atoms with Crippen LogP contribution in [0.15, 0.2) is 97.1 Å². The van der Waals surface area contributed by atoms with E-state index in [2.05, 4.69) is 0 Å². The van der Waals surface area contributed by atoms with E-state index >= 15 is 0 Å². The van der Waals surface area contributed by atoms with Crippen LogP contribution in [0.4, 0.5) is 0 Å². The topological polar surface area (TPSA) is 96.4 Å². The number of hydrogen-bond donors (Lipinski definition) is 1. The summed E-state index contributed by atoms with van der Waals surface area (Å²) in [5, 5.41) is 9.43. The molecule has 2 amide bonds. The van der Waals surface area contributed by atoms with Gasteiger partial charge in [-0.2, -0.15) is 0 Å². The lowest BCUT2D eigenvalue weighted by Gasteiger charge is -2.25. The lowest BCUT2D eigenvalue weighted by atomic mass is 9.93. The zero-order valence-electron chi connectivity index (χ0n) is 25.4. The van der Waals surface area contributed by atoms with E-state index in [1.807, 2.05) is 79.7 Å². The summed E-state index contributed by atoms with van der Waals surface area (Å²) in [4.78, 5) is 42.8. The molecule has 4 aromatic carbocycles. The maximum Gasteiger partial charge on any atom is 0.305 e. The molecular formula is C36H38N2O6. The van der Waals surface area contributed by atoms with Gasteiger partial charge in [0.2, 0.25) is 0 Å². The van der Waals surface area contributed by atoms with Gasteiger partial charge < -0.3 is 24.4 Å². The standard InChI is InChI=1S/C36H38N2O6/c1-4-37(25-27-12-6-5-7-13-27)35(41)30-16-10-8-14-28(30)29-15-9-11-17-31(29)36(42)38(23-21-34(39)40)22-20-26-18-19-32(43-2)33(24-26)44-3/h5-19,24H,4,20-23,25H2,1-3H3,(H,39,40). The van der Waals surface area contributed by atoms with Crippen LogP contribution in [0.1, 0.15) is 45.2 Å². The minimum Gasteiger partial charge on any atom is -0.493 e. The van der Waals surface area contributed by atoms with E-state index in [1.165, 1.54) is 0 Å². The maximum absolute atomic E-state index is 14.1. The lowest BCUT2D eigenvalue weighted by Crippen LogP contribution is -2.35. The number of methoxy groups -OCH3 is 2. The van der Waals surface area contributed by atoms with E-state index in [9.17, 15) is 19.5 Å². The number of benzene rings is 4. The fourth-order valence-corrected chi connectivity index (χ4v) is 5.13. The Labute approximate surface area is 258 Å². The van der Waals surface area contributed by atoms with E-state index in [1.54, 1.807) is 48.3 Å². The van der Waals surface area contributed by atoms with Gasteiger partial charge in [0.05, 0.1) is 20.6 Å². The number of hydrogen-bond acceptors (Lipinski definition) is 5. The first-order chi connectivity index (χ1) is 21.4. The van der Waals surface area contributed by atoms with Crippen molar-refractivity contribution in [3.63, 3.8) is 0 Å². The molecule has 0 aliphatic rings. The zero-order chi connectivity index (χ0) is 31.5. The Kier molecular flexibility index (Phi) is 11.1. The third kappa shape index (κ3) is 7.83. The molecule has 0 atom stereocenters. The number of ether oxygens (including phenoxy) is 2. The number of aliphatic carboxylic acids is 1. The molecule has 0 spiro atoms. The van der Waals surface area contributed by atoms with Crippen molar-refractivity contribution in [2.75, 3.05) is 33.9 Å². The van der Waals surface area contributed by atoms with Crippen LogP contribution >= 0.6 is 0 Å². The van der Waals surface area contributed by atoms with Crippen molar-refractivity contribution in [1.82, 2.24) is 9.80 Å². The lowest BCUT2D eigenvalue weighted by molar-refractivity contribution is -0.137. The van der Waals surface area contributed by atoms with Crippen molar-refractivity contribution in [1.29, 1.82) is 0 Å². The highest BCUT2D eigenvalue weighted by Gasteiger charge is 2.24. The van der Waals surface area contributed by atoms with Crippen molar-refractivity contribution in [3.05, 3.63) is 119 Å². The third-order valence-electron chi connectivity index (χ3n) is 7.49. The Morgan fingerprint density at radius 1 is 0.659 bits per heavy atom. The van der Waals surface area contributed by atoms with E-state index < -0.39 is 5.97 Å². The molecular weight excluding hydrogens is 556 g/mol. The summed E-state index contributed by atoms with van der Waals surface area (Å²) >= 11 is 0. The summed E-state index contributed by atoms with van der Waals surface area (Å²) in [5.74, 6) is -0.251. The summed E-state index contributed by atoms with van der Waals surface area (Å²) in [6.07, 6.45) is 0.285. The zero-order valence-corrected chi connectivity index (χ0v) is 25.4. The summed E-state index contributed by atoms with van der Waals surface area (Å²) < 4.78 is 10.7. The van der Waals surface area contributed by atoms with Crippen molar-refractivity contribution in [2.24, 2.45) is 0 Å². The monoisotopic (exact) mass is 594 g/mol. The molecule has 0 unspecified atom stereocenters. The van der Waals surface area contributed by atoms with Gasteiger partial charge in [0.15, 0.2) is 11.5 Å². The molecule has 1 N–H and O–H groups in total. The minimum absolute atomic E-state index is 0.0387. The van der Waals surface area contributed by atoms with Gasteiger partial charge >= 0.3 is 5.97 Å². The molecule has 0 saturated heterocycles. The summed E-state index contributed by atoms with van der Waals surface area (Å²) in [6.45, 7) is 3.25. The first kappa shape index (κ1) is 31.8. The Bertz CT molecular complexity index is 1590. The van der Waals surface area contributed by atoms with Crippen LogP contribution in [-0.2, 0) is 17.8 Å². The summed E-state index contributed by atoms with van der Waals surface area (Å²) in [6, 6.07) is 29.8. The Balaban J connectivity index is 1.65. The first-order valence-electron chi connectivity index (χ1n) is 14.6. The molecule has 8 heteroatoms. The van der Waals surface area contributed by atoms with E-state index in [-0.39, 0.29) is 31.3 Å². The molecule has 8 nitrogen and oxygen atoms in total. The number of carboxylic acids is 1. The fourth-order valence-electron chi connectivity index (χ4n) is 5.13. The van der Waals surface area contributed by atoms with Gasteiger partial charge in [-0.3, -0.25) is 14.4 Å². The number of carboxylic acid groups (broad SMARTS) is 1. The average Bonchev–Trinajstić information content (AvgIpc) is 3.06. The second-order valence-electron chi connectivity index (χ2n) is 10.3. The van der Waals surface area contributed by atoms with Gasteiger partial charge in [0.25, 0.3) is 11.8 Å². The molecule has 0 radical (unpaired) electrons. The Hall–Kier alpha value is -5.11. The van der Waals surface area contributed by atoms with Gasteiger partial charge in [-0.15, -0.1) is 0 Å². The Morgan fingerprint density at radius 2 is 1.23 bits per heavy atom. The maximum atomic E-state index is 14.1. The van der Waals surface area contributed by atoms with Crippen LogP contribution in [0.25, 0.3) is 11.1 Å². The van der Waals surface area contributed by atoms with Crippen molar-refractivity contribution in [2.45, 2.75) is 26.3 Å². The molecule has 0 heterocycles. The average molecular weight is 595 g/mol. The predicted octanol–water partition coefficient (Wildman–Crippen LogP) is 6.19. The molecule has 228 valence electrons. The van der Waals surface area contributed by atoms with Crippen molar-refractivity contribution in [3.8, 4) is 22.6 Å². The molecule has 0 fully saturated rings. The highest BCUT2D eigenvalue weighted by atomic mass is 16.5. The van der Waals surface area contributed by atoms with E-state index in [4.69, 9.17) is 9.47 Å². The van der Waals surface area contributed by atoms with Gasteiger partial charge in [-0.1, -0.05) is 72.8 Å². The number of carbonyl (C=O) groups is 3. The molecule has 0 saturated carbocycles. The van der Waals surface area contributed by atoms with Crippen LogP contribution in [0.5, 0.6) is 11.5 Å². The van der Waals surface area contributed by atoms with Crippen LogP contribution in [0.2, 0.25) is 0 Å². The number of carbonyl (C=O) groups excluding carboxylic acids is 2. The van der Waals surface area contributed by atoms with Gasteiger partial charge in [-0.05, 0) is 59.9 Å². The number of amides is 2. The quantitative estimate of drug-likeness (QED) is 0.187. The second kappa shape index (κ2) is 15.4. The smallest absolute Gasteiger partial charge is 0.305 e. The van der Waals surface area contributed by atoms with Crippen LogP contribution in [0.3, 0.4) is 0 Å². The van der Waals surface area contributed by atoms with Crippen molar-refractivity contribution >= 4 is 17.8 Å². The molecule has 0 bridgehead atoms. The molecule has 0 aliphatic heterocycles. The SMILES string of the molecule is CCN(Cc1ccccc1)C(=O)c1ccccc1-c1ccccc1C(=O)N(CCC(=O)O)CCc1ccc(OC)c(OC)c1. The number of rotatable bonds is 14. The van der Waals surface area contributed by atoms with Gasteiger partial charge in [0, 0.05) is 37.3 Å². The van der Waals surface area contributed by atoms with Crippen LogP contribution < -0.4 is 9.47 Å². The minimum atomic E-state index is -0.990. The second-order valence-corrected chi connectivity index (χ2v) is 10.3. The fraction of sp³-hybridized carbons (Fsp3) is 0.250. The summed E-state index contributed by atoms with van der Waals surface area (Å²) in [5.41, 5.74) is 4.09. The number of nitrogens with zero attached hydrogens (tertiary/aromatic N) is 2. The van der Waals surface area contributed by atoms with Gasteiger partial charge in [-0.25, -0.2) is 0 Å². The predicted molar refractivity (Wildman–Crippen MR) is 170 cm³/mol. The normalized spacial score (nSPS) is 10.6. The largest absolute Gasteiger partial charge is 0.493 e. The highest BCUT2D eigenvalue weighted by molar-refractivity contribution is 6.06. The molecule has 0 aromatic heterocycles. The molecule has 44 heavy (non-hydrogen) atoms. The first-order valence-corrected chi connectivity index (χ1v) is 14.6. The third-order valence-corrected chi connectivity index (χ3v) is 7.49. The molecule has 4 aromatic rings. The summed E-state index contributed by atoms with van der Waals surface area (Å²) in [7, 11) is 3.13. The van der Waals surface area contributed by atoms with Crippen molar-refractivity contribution < 1.29 is 29.0 Å². The van der Waals surface area contributed by atoms with E-state index in [0.717, 1.165) is 11.1 Å². The molecule has 4 rings (SSSR count). The molecule has 0 aliphatic carbocycles. The highest BCUT2D eigenvalue weighted by Crippen LogP contribution is 2.30. The van der Waals surface area contributed by atoms with Crippen LogP contribution in [0, 0.1) is 0 Å². The van der Waals surface area contributed by atoms with E-state index in [0.29, 0.717) is 53.3 Å². The van der Waals surface area contributed by atoms with Crippen LogP contribution in [-0.4, -0.2) is 66.5 Å². The van der Waals surface area contributed by atoms with Gasteiger partial charge in [0.1, 0.15) is 0 Å².